The lowest BCUT2D eigenvalue weighted by molar-refractivity contribution is 0.0696. The zero-order valence-corrected chi connectivity index (χ0v) is 12.3. The fourth-order valence-electron chi connectivity index (χ4n) is 2.01. The third-order valence-electron chi connectivity index (χ3n) is 3.08. The van der Waals surface area contributed by atoms with Crippen LogP contribution in [0.2, 0.25) is 0 Å². The average Bonchev–Trinajstić information content (AvgIpc) is 2.86. The molecule has 0 amide bonds. The molecule has 0 radical (unpaired) electrons. The first-order valence-electron chi connectivity index (χ1n) is 6.34. The summed E-state index contributed by atoms with van der Waals surface area (Å²) in [6.45, 7) is 0. The maximum Gasteiger partial charge on any atom is 0.417 e. The molecular weight excluding hydrogens is 324 g/mol. The highest BCUT2D eigenvalue weighted by Crippen LogP contribution is 2.20. The molecule has 0 aliphatic rings. The highest BCUT2D eigenvalue weighted by Gasteiger charge is 2.15. The molecule has 0 atom stereocenters. The van der Waals surface area contributed by atoms with Gasteiger partial charge in [-0.25, -0.2) is 18.0 Å². The Morgan fingerprint density at radius 2 is 1.83 bits per heavy atom. The van der Waals surface area contributed by atoms with Crippen molar-refractivity contribution >= 4 is 32.8 Å². The summed E-state index contributed by atoms with van der Waals surface area (Å²) in [5, 5.41) is 8.81. The topological polar surface area (TPSA) is 129 Å². The number of carbonyl (C=O) groups is 1. The minimum absolute atomic E-state index is 0.0126. The van der Waals surface area contributed by atoms with Gasteiger partial charge in [0.2, 0.25) is 0 Å². The van der Waals surface area contributed by atoms with Gasteiger partial charge in [-0.1, -0.05) is 0 Å². The molecule has 118 valence electrons. The summed E-state index contributed by atoms with van der Waals surface area (Å²) in [4.78, 5) is 24.2. The standard InChI is InChI=1S/C14H10N2O6S/c17-13(18)8-1-4-10(5-2-8)23(20,21)16-9-3-6-12-11(7-9)15-14(19)22-12/h1-7,16H,(H,15,19)(H,17,18). The zero-order chi connectivity index (χ0) is 16.6. The molecule has 0 bridgehead atoms. The summed E-state index contributed by atoms with van der Waals surface area (Å²) >= 11 is 0. The summed E-state index contributed by atoms with van der Waals surface area (Å²) in [5.41, 5.74) is 0.887. The number of fused-ring (bicyclic) bond motifs is 1. The molecule has 0 fully saturated rings. The number of aromatic carboxylic acids is 1. The Hall–Kier alpha value is -3.07. The molecule has 0 unspecified atom stereocenters. The Morgan fingerprint density at radius 1 is 1.13 bits per heavy atom. The van der Waals surface area contributed by atoms with E-state index in [-0.39, 0.29) is 16.1 Å². The fraction of sp³-hybridized carbons (Fsp3) is 0. The van der Waals surface area contributed by atoms with E-state index < -0.39 is 21.7 Å². The van der Waals surface area contributed by atoms with E-state index in [1.54, 1.807) is 0 Å². The third-order valence-corrected chi connectivity index (χ3v) is 4.48. The predicted molar refractivity (Wildman–Crippen MR) is 81.0 cm³/mol. The molecule has 3 aromatic rings. The quantitative estimate of drug-likeness (QED) is 0.665. The minimum Gasteiger partial charge on any atom is -0.478 e. The monoisotopic (exact) mass is 334 g/mol. The number of anilines is 1. The number of aromatic nitrogens is 1. The molecule has 0 saturated carbocycles. The molecule has 0 spiro atoms. The zero-order valence-electron chi connectivity index (χ0n) is 11.4. The van der Waals surface area contributed by atoms with E-state index >= 15 is 0 Å². The average molecular weight is 334 g/mol. The summed E-state index contributed by atoms with van der Waals surface area (Å²) in [5.74, 6) is -1.78. The third kappa shape index (κ3) is 2.94. The van der Waals surface area contributed by atoms with E-state index in [1.807, 2.05) is 0 Å². The minimum atomic E-state index is -3.88. The van der Waals surface area contributed by atoms with Crippen LogP contribution in [0.5, 0.6) is 0 Å². The number of carboxylic acids is 1. The lowest BCUT2D eigenvalue weighted by Gasteiger charge is -2.08. The SMILES string of the molecule is O=C(O)c1ccc(S(=O)(=O)Nc2ccc3oc(=O)[nH]c3c2)cc1. The van der Waals surface area contributed by atoms with Crippen LogP contribution in [-0.4, -0.2) is 24.5 Å². The van der Waals surface area contributed by atoms with Crippen molar-refractivity contribution in [2.24, 2.45) is 0 Å². The summed E-state index contributed by atoms with van der Waals surface area (Å²) in [6, 6.07) is 9.12. The molecule has 3 rings (SSSR count). The van der Waals surface area contributed by atoms with Crippen molar-refractivity contribution < 1.29 is 22.7 Å². The van der Waals surface area contributed by atoms with Gasteiger partial charge in [0.1, 0.15) is 0 Å². The number of carboxylic acid groups (broad SMARTS) is 1. The fourth-order valence-corrected chi connectivity index (χ4v) is 3.06. The molecule has 9 heteroatoms. The highest BCUT2D eigenvalue weighted by molar-refractivity contribution is 7.92. The Labute approximate surface area is 129 Å². The number of rotatable bonds is 4. The second-order valence-electron chi connectivity index (χ2n) is 4.66. The van der Waals surface area contributed by atoms with E-state index in [0.717, 1.165) is 0 Å². The first-order chi connectivity index (χ1) is 10.8. The van der Waals surface area contributed by atoms with Crippen molar-refractivity contribution in [1.29, 1.82) is 0 Å². The van der Waals surface area contributed by atoms with Crippen molar-refractivity contribution in [2.75, 3.05) is 4.72 Å². The summed E-state index contributed by atoms with van der Waals surface area (Å²) in [7, 11) is -3.88. The van der Waals surface area contributed by atoms with Gasteiger partial charge in [0.05, 0.1) is 21.7 Å². The van der Waals surface area contributed by atoms with Crippen LogP contribution < -0.4 is 10.5 Å². The Morgan fingerprint density at radius 3 is 2.48 bits per heavy atom. The van der Waals surface area contributed by atoms with E-state index in [4.69, 9.17) is 9.52 Å². The number of benzene rings is 2. The van der Waals surface area contributed by atoms with E-state index in [0.29, 0.717) is 11.1 Å². The van der Waals surface area contributed by atoms with Gasteiger partial charge in [0, 0.05) is 0 Å². The number of hydrogen-bond donors (Lipinski definition) is 3. The van der Waals surface area contributed by atoms with Gasteiger partial charge in [-0.15, -0.1) is 0 Å². The number of sulfonamides is 1. The maximum atomic E-state index is 12.3. The Kier molecular flexibility index (Phi) is 3.41. The van der Waals surface area contributed by atoms with Crippen LogP contribution in [0.3, 0.4) is 0 Å². The normalized spacial score (nSPS) is 11.5. The molecule has 8 nitrogen and oxygen atoms in total. The molecule has 3 N–H and O–H groups in total. The number of oxazole rings is 1. The van der Waals surface area contributed by atoms with Gasteiger partial charge < -0.3 is 9.52 Å². The molecule has 0 aliphatic heterocycles. The van der Waals surface area contributed by atoms with Crippen LogP contribution in [0, 0.1) is 0 Å². The van der Waals surface area contributed by atoms with Crippen LogP contribution in [0.25, 0.3) is 11.1 Å². The first kappa shape index (κ1) is 14.9. The van der Waals surface area contributed by atoms with E-state index in [2.05, 4.69) is 9.71 Å². The highest BCUT2D eigenvalue weighted by atomic mass is 32.2. The molecule has 23 heavy (non-hydrogen) atoms. The van der Waals surface area contributed by atoms with Gasteiger partial charge >= 0.3 is 11.7 Å². The smallest absolute Gasteiger partial charge is 0.417 e. The van der Waals surface area contributed by atoms with Crippen LogP contribution in [-0.2, 0) is 10.0 Å². The molecule has 1 heterocycles. The number of H-pyrrole nitrogens is 1. The molecule has 2 aromatic carbocycles. The molecule has 0 aliphatic carbocycles. The number of nitrogens with one attached hydrogen (secondary N) is 2. The summed E-state index contributed by atoms with van der Waals surface area (Å²) < 4.78 is 31.7. The van der Waals surface area contributed by atoms with Gasteiger partial charge in [0.25, 0.3) is 10.0 Å². The number of hydrogen-bond acceptors (Lipinski definition) is 5. The summed E-state index contributed by atoms with van der Waals surface area (Å²) in [6.07, 6.45) is 0. The van der Waals surface area contributed by atoms with Gasteiger partial charge in [-0.05, 0) is 42.5 Å². The van der Waals surface area contributed by atoms with Crippen LogP contribution in [0.4, 0.5) is 5.69 Å². The van der Waals surface area contributed by atoms with Crippen LogP contribution >= 0.6 is 0 Å². The van der Waals surface area contributed by atoms with Gasteiger partial charge in [0.15, 0.2) is 5.58 Å². The lowest BCUT2D eigenvalue weighted by atomic mass is 10.2. The van der Waals surface area contributed by atoms with Crippen molar-refractivity contribution in [2.45, 2.75) is 4.90 Å². The maximum absolute atomic E-state index is 12.3. The van der Waals surface area contributed by atoms with E-state index in [1.165, 1.54) is 42.5 Å². The van der Waals surface area contributed by atoms with Crippen LogP contribution in [0.15, 0.2) is 56.6 Å². The second-order valence-corrected chi connectivity index (χ2v) is 6.34. The lowest BCUT2D eigenvalue weighted by Crippen LogP contribution is -2.13. The predicted octanol–water partition coefficient (Wildman–Crippen LogP) is 1.62. The molecule has 1 aromatic heterocycles. The largest absolute Gasteiger partial charge is 0.478 e. The van der Waals surface area contributed by atoms with Gasteiger partial charge in [-0.2, -0.15) is 0 Å². The molecule has 0 saturated heterocycles. The van der Waals surface area contributed by atoms with Crippen molar-refractivity contribution in [3.63, 3.8) is 0 Å². The Bertz CT molecular complexity index is 1050. The Balaban J connectivity index is 1.92. The van der Waals surface area contributed by atoms with Crippen LogP contribution in [0.1, 0.15) is 10.4 Å². The number of aromatic amines is 1. The second kappa shape index (κ2) is 5.29. The van der Waals surface area contributed by atoms with E-state index in [9.17, 15) is 18.0 Å². The van der Waals surface area contributed by atoms with Crippen molar-refractivity contribution in [3.8, 4) is 0 Å². The van der Waals surface area contributed by atoms with Crippen molar-refractivity contribution in [1.82, 2.24) is 4.98 Å². The molecular formula is C14H10N2O6S. The van der Waals surface area contributed by atoms with Crippen molar-refractivity contribution in [3.05, 3.63) is 58.6 Å². The first-order valence-corrected chi connectivity index (χ1v) is 7.82. The van der Waals surface area contributed by atoms with Gasteiger partial charge in [-0.3, -0.25) is 9.71 Å².